The van der Waals surface area contributed by atoms with Gasteiger partial charge in [-0.15, -0.1) is 0 Å². The molecule has 1 N–H and O–H groups in total. The van der Waals surface area contributed by atoms with E-state index in [-0.39, 0.29) is 11.3 Å². The number of rotatable bonds is 2. The molecule has 1 aliphatic carbocycles. The number of hydrogen-bond acceptors (Lipinski definition) is 2. The molecule has 0 radical (unpaired) electrons. The number of nitrogens with one attached hydrogen (secondary N) is 1. The van der Waals surface area contributed by atoms with Crippen molar-refractivity contribution in [3.05, 3.63) is 22.9 Å². The molecule has 1 aliphatic rings. The normalized spacial score (nSPS) is 18.7. The van der Waals surface area contributed by atoms with E-state index in [4.69, 9.17) is 0 Å². The van der Waals surface area contributed by atoms with E-state index in [0.717, 1.165) is 35.8 Å². The molecule has 3 nitrogen and oxygen atoms in total. The number of anilines is 1. The Morgan fingerprint density at radius 2 is 2.12 bits per heavy atom. The van der Waals surface area contributed by atoms with Gasteiger partial charge in [0.1, 0.15) is 0 Å². The highest BCUT2D eigenvalue weighted by Gasteiger charge is 2.34. The molecular formula is C13H17BrN2O. The van der Waals surface area contributed by atoms with E-state index in [9.17, 15) is 4.79 Å². The highest BCUT2D eigenvalue weighted by atomic mass is 79.9. The highest BCUT2D eigenvalue weighted by molar-refractivity contribution is 9.10. The van der Waals surface area contributed by atoms with E-state index in [2.05, 4.69) is 33.2 Å². The Kier molecular flexibility index (Phi) is 3.82. The number of amides is 1. The van der Waals surface area contributed by atoms with Crippen LogP contribution in [0.5, 0.6) is 0 Å². The predicted octanol–water partition coefficient (Wildman–Crippen LogP) is 3.75. The average Bonchev–Trinajstić information content (AvgIpc) is 2.33. The minimum atomic E-state index is -0.207. The fourth-order valence-electron chi connectivity index (χ4n) is 2.31. The minimum absolute atomic E-state index is 0.129. The maximum atomic E-state index is 12.3. The molecule has 0 unspecified atom stereocenters. The first-order valence-electron chi connectivity index (χ1n) is 6.03. The summed E-state index contributed by atoms with van der Waals surface area (Å²) >= 11 is 3.39. The van der Waals surface area contributed by atoms with E-state index in [1.165, 1.54) is 6.42 Å². The van der Waals surface area contributed by atoms with Gasteiger partial charge >= 0.3 is 0 Å². The smallest absolute Gasteiger partial charge is 0.230 e. The number of carbonyl (C=O) groups excluding carboxylic acids is 1. The Morgan fingerprint density at radius 1 is 1.41 bits per heavy atom. The topological polar surface area (TPSA) is 42.0 Å². The van der Waals surface area contributed by atoms with E-state index >= 15 is 0 Å². The minimum Gasteiger partial charge on any atom is -0.324 e. The molecule has 1 saturated carbocycles. The summed E-state index contributed by atoms with van der Waals surface area (Å²) in [5.74, 6) is 0.129. The lowest BCUT2D eigenvalue weighted by Crippen LogP contribution is -2.35. The van der Waals surface area contributed by atoms with E-state index in [1.54, 1.807) is 12.4 Å². The van der Waals surface area contributed by atoms with Gasteiger partial charge in [0, 0.05) is 17.8 Å². The molecule has 17 heavy (non-hydrogen) atoms. The van der Waals surface area contributed by atoms with Crippen LogP contribution in [0.2, 0.25) is 0 Å². The molecule has 0 saturated heterocycles. The standard InChI is InChI=1S/C13H17BrN2O/c1-13(6-3-2-4-7-13)12(17)16-11-5-8-15-9-10(11)14/h5,8-9H,2-4,6-7H2,1H3,(H,15,16,17). The van der Waals surface area contributed by atoms with Crippen molar-refractivity contribution in [3.8, 4) is 0 Å². The largest absolute Gasteiger partial charge is 0.324 e. The molecular weight excluding hydrogens is 280 g/mol. The van der Waals surface area contributed by atoms with Crippen molar-refractivity contribution in [1.82, 2.24) is 4.98 Å². The molecule has 0 bridgehead atoms. The Labute approximate surface area is 110 Å². The van der Waals surface area contributed by atoms with Gasteiger partial charge in [0.05, 0.1) is 10.2 Å². The maximum Gasteiger partial charge on any atom is 0.230 e. The average molecular weight is 297 g/mol. The molecule has 0 atom stereocenters. The van der Waals surface area contributed by atoms with Gasteiger partial charge in [-0.05, 0) is 34.8 Å². The highest BCUT2D eigenvalue weighted by Crippen LogP contribution is 2.37. The molecule has 4 heteroatoms. The molecule has 1 aromatic rings. The summed E-state index contributed by atoms with van der Waals surface area (Å²) in [6.45, 7) is 2.07. The van der Waals surface area contributed by atoms with Crippen LogP contribution < -0.4 is 5.32 Å². The number of hydrogen-bond donors (Lipinski definition) is 1. The zero-order valence-electron chi connectivity index (χ0n) is 10.0. The van der Waals surface area contributed by atoms with Gasteiger partial charge in [0.2, 0.25) is 5.91 Å². The Morgan fingerprint density at radius 3 is 2.76 bits per heavy atom. The molecule has 1 heterocycles. The number of aromatic nitrogens is 1. The van der Waals surface area contributed by atoms with Gasteiger partial charge in [-0.1, -0.05) is 26.2 Å². The van der Waals surface area contributed by atoms with E-state index < -0.39 is 0 Å². The van der Waals surface area contributed by atoms with Crippen LogP contribution >= 0.6 is 15.9 Å². The van der Waals surface area contributed by atoms with E-state index in [0.29, 0.717) is 0 Å². The number of halogens is 1. The summed E-state index contributed by atoms with van der Waals surface area (Å²) in [4.78, 5) is 16.3. The first-order chi connectivity index (χ1) is 8.12. The summed E-state index contributed by atoms with van der Waals surface area (Å²) in [6, 6.07) is 1.81. The number of nitrogens with zero attached hydrogens (tertiary/aromatic N) is 1. The second-order valence-electron chi connectivity index (χ2n) is 4.93. The Hall–Kier alpha value is -0.900. The van der Waals surface area contributed by atoms with Crippen LogP contribution in [0.4, 0.5) is 5.69 Å². The third kappa shape index (κ3) is 2.86. The van der Waals surface area contributed by atoms with Gasteiger partial charge < -0.3 is 5.32 Å². The van der Waals surface area contributed by atoms with Crippen molar-refractivity contribution in [1.29, 1.82) is 0 Å². The van der Waals surface area contributed by atoms with Gasteiger partial charge in [-0.3, -0.25) is 9.78 Å². The fraction of sp³-hybridized carbons (Fsp3) is 0.538. The van der Waals surface area contributed by atoms with Crippen molar-refractivity contribution < 1.29 is 4.79 Å². The summed E-state index contributed by atoms with van der Waals surface area (Å²) in [6.07, 6.45) is 8.91. The summed E-state index contributed by atoms with van der Waals surface area (Å²) in [5, 5.41) is 2.99. The van der Waals surface area contributed by atoms with Crippen LogP contribution in [0.1, 0.15) is 39.0 Å². The SMILES string of the molecule is CC1(C(=O)Nc2ccncc2Br)CCCCC1. The van der Waals surface area contributed by atoms with Crippen molar-refractivity contribution >= 4 is 27.5 Å². The van der Waals surface area contributed by atoms with E-state index in [1.807, 2.05) is 6.07 Å². The van der Waals surface area contributed by atoms with Crippen LogP contribution in [0.3, 0.4) is 0 Å². The summed E-state index contributed by atoms with van der Waals surface area (Å²) in [5.41, 5.74) is 0.595. The van der Waals surface area contributed by atoms with Crippen LogP contribution in [-0.2, 0) is 4.79 Å². The lowest BCUT2D eigenvalue weighted by atomic mass is 9.75. The molecule has 2 rings (SSSR count). The Balaban J connectivity index is 2.08. The molecule has 1 aromatic heterocycles. The van der Waals surface area contributed by atoms with Gasteiger partial charge in [-0.2, -0.15) is 0 Å². The lowest BCUT2D eigenvalue weighted by molar-refractivity contribution is -0.126. The van der Waals surface area contributed by atoms with Crippen molar-refractivity contribution in [2.45, 2.75) is 39.0 Å². The molecule has 92 valence electrons. The monoisotopic (exact) mass is 296 g/mol. The fourth-order valence-corrected chi connectivity index (χ4v) is 2.66. The van der Waals surface area contributed by atoms with Crippen LogP contribution in [-0.4, -0.2) is 10.9 Å². The second kappa shape index (κ2) is 5.17. The van der Waals surface area contributed by atoms with Crippen LogP contribution in [0.15, 0.2) is 22.9 Å². The first-order valence-corrected chi connectivity index (χ1v) is 6.82. The van der Waals surface area contributed by atoms with Crippen LogP contribution in [0, 0.1) is 5.41 Å². The maximum absolute atomic E-state index is 12.3. The second-order valence-corrected chi connectivity index (χ2v) is 5.79. The summed E-state index contributed by atoms with van der Waals surface area (Å²) in [7, 11) is 0. The van der Waals surface area contributed by atoms with Gasteiger partial charge in [-0.25, -0.2) is 0 Å². The van der Waals surface area contributed by atoms with Crippen molar-refractivity contribution in [2.24, 2.45) is 5.41 Å². The summed E-state index contributed by atoms with van der Waals surface area (Å²) < 4.78 is 0.827. The van der Waals surface area contributed by atoms with Gasteiger partial charge in [0.15, 0.2) is 0 Å². The third-order valence-electron chi connectivity index (χ3n) is 3.53. The molecule has 0 aromatic carbocycles. The quantitative estimate of drug-likeness (QED) is 0.903. The lowest BCUT2D eigenvalue weighted by Gasteiger charge is -2.32. The number of pyridine rings is 1. The predicted molar refractivity (Wildman–Crippen MR) is 71.8 cm³/mol. The molecule has 0 aliphatic heterocycles. The van der Waals surface area contributed by atoms with Crippen molar-refractivity contribution in [3.63, 3.8) is 0 Å². The zero-order chi connectivity index (χ0) is 12.3. The van der Waals surface area contributed by atoms with Crippen LogP contribution in [0.25, 0.3) is 0 Å². The Bertz CT molecular complexity index is 414. The van der Waals surface area contributed by atoms with Gasteiger partial charge in [0.25, 0.3) is 0 Å². The van der Waals surface area contributed by atoms with Crippen molar-refractivity contribution in [2.75, 3.05) is 5.32 Å². The molecule has 0 spiro atoms. The first kappa shape index (κ1) is 12.6. The third-order valence-corrected chi connectivity index (χ3v) is 4.16. The molecule has 1 fully saturated rings. The zero-order valence-corrected chi connectivity index (χ0v) is 11.6. The number of carbonyl (C=O) groups is 1. The molecule has 1 amide bonds.